The Balaban J connectivity index is 2.22. The summed E-state index contributed by atoms with van der Waals surface area (Å²) in [4.78, 5) is 11.3. The zero-order chi connectivity index (χ0) is 11.4. The number of Topliss-reactive ketones (excluding diaryl/α,β-unsaturated/α-hetero) is 1. The maximum absolute atomic E-state index is 11.3. The first kappa shape index (κ1) is 11.1. The van der Waals surface area contributed by atoms with Gasteiger partial charge in [-0.15, -0.1) is 0 Å². The molecule has 2 heteroatoms. The van der Waals surface area contributed by atoms with Gasteiger partial charge in [0.2, 0.25) is 0 Å². The van der Waals surface area contributed by atoms with E-state index in [1.165, 1.54) is 8.92 Å². The van der Waals surface area contributed by atoms with Crippen LogP contribution in [-0.2, 0) is 0 Å². The van der Waals surface area contributed by atoms with E-state index >= 15 is 0 Å². The van der Waals surface area contributed by atoms with Crippen molar-refractivity contribution < 1.29 is 4.79 Å². The van der Waals surface area contributed by atoms with Crippen molar-refractivity contribution in [2.24, 2.45) is 0 Å². The van der Waals surface area contributed by atoms with Crippen LogP contribution in [0.25, 0.3) is 0 Å². The van der Waals surface area contributed by atoms with Crippen molar-refractivity contribution in [1.29, 1.82) is 0 Å². The molecule has 80 valence electrons. The molecule has 2 aromatic carbocycles. The van der Waals surface area contributed by atoms with Gasteiger partial charge in [0, 0.05) is 0 Å². The molecule has 0 aromatic heterocycles. The Morgan fingerprint density at radius 2 is 1.62 bits per heavy atom. The summed E-state index contributed by atoms with van der Waals surface area (Å²) in [6, 6.07) is 18.3. The van der Waals surface area contributed by atoms with E-state index < -0.39 is 0 Å². The molecule has 2 rings (SSSR count). The standard InChI is InChI=1S/C14H12OSe/c1-11(15)12-6-5-9-14(10-12)16-13-7-3-2-4-8-13/h2-10H,1H3. The van der Waals surface area contributed by atoms with Crippen LogP contribution in [0.15, 0.2) is 54.6 Å². The Labute approximate surface area is 102 Å². The van der Waals surface area contributed by atoms with Crippen LogP contribution < -0.4 is 8.92 Å². The maximum atomic E-state index is 11.3. The molecule has 0 spiro atoms. The molecule has 0 aliphatic carbocycles. The van der Waals surface area contributed by atoms with Crippen LogP contribution in [0, 0.1) is 0 Å². The third-order valence-electron chi connectivity index (χ3n) is 2.22. The average Bonchev–Trinajstić information content (AvgIpc) is 2.30. The molecule has 0 heterocycles. The Hall–Kier alpha value is -1.37. The molecule has 0 aliphatic rings. The molecule has 0 saturated heterocycles. The first-order chi connectivity index (χ1) is 7.75. The molecule has 0 saturated carbocycles. The zero-order valence-corrected chi connectivity index (χ0v) is 10.7. The van der Waals surface area contributed by atoms with Crippen LogP contribution >= 0.6 is 0 Å². The van der Waals surface area contributed by atoms with Crippen LogP contribution in [0.3, 0.4) is 0 Å². The number of carbonyl (C=O) groups is 1. The number of ketones is 1. The summed E-state index contributed by atoms with van der Waals surface area (Å²) in [5.41, 5.74) is 0.801. The molecular formula is C14H12OSe. The summed E-state index contributed by atoms with van der Waals surface area (Å²) >= 11 is 0.284. The predicted octanol–water partition coefficient (Wildman–Crippen LogP) is 1.54. The minimum atomic E-state index is 0.130. The first-order valence-electron chi connectivity index (χ1n) is 5.09. The van der Waals surface area contributed by atoms with Crippen LogP contribution in [0.4, 0.5) is 0 Å². The van der Waals surface area contributed by atoms with Crippen LogP contribution in [0.5, 0.6) is 0 Å². The molecule has 0 radical (unpaired) electrons. The second-order valence-corrected chi connectivity index (χ2v) is 5.91. The van der Waals surface area contributed by atoms with Crippen LogP contribution in [0.1, 0.15) is 17.3 Å². The summed E-state index contributed by atoms with van der Waals surface area (Å²) < 4.78 is 2.57. The Morgan fingerprint density at radius 1 is 0.938 bits per heavy atom. The average molecular weight is 275 g/mol. The van der Waals surface area contributed by atoms with E-state index in [0.29, 0.717) is 0 Å². The number of carbonyl (C=O) groups excluding carboxylic acids is 1. The third kappa shape index (κ3) is 2.82. The van der Waals surface area contributed by atoms with Crippen molar-refractivity contribution in [3.8, 4) is 0 Å². The van der Waals surface area contributed by atoms with Gasteiger partial charge in [0.1, 0.15) is 0 Å². The van der Waals surface area contributed by atoms with Gasteiger partial charge in [-0.3, -0.25) is 0 Å². The number of benzene rings is 2. The van der Waals surface area contributed by atoms with Gasteiger partial charge in [-0.25, -0.2) is 0 Å². The Kier molecular flexibility index (Phi) is 3.55. The zero-order valence-electron chi connectivity index (χ0n) is 9.01. The fourth-order valence-corrected chi connectivity index (χ4v) is 3.29. The van der Waals surface area contributed by atoms with E-state index in [2.05, 4.69) is 18.2 Å². The minimum absolute atomic E-state index is 0.130. The number of hydrogen-bond donors (Lipinski definition) is 0. The van der Waals surface area contributed by atoms with Crippen LogP contribution in [-0.4, -0.2) is 20.7 Å². The molecule has 0 fully saturated rings. The van der Waals surface area contributed by atoms with E-state index in [-0.39, 0.29) is 20.7 Å². The topological polar surface area (TPSA) is 17.1 Å². The molecular weight excluding hydrogens is 263 g/mol. The van der Waals surface area contributed by atoms with E-state index in [9.17, 15) is 4.79 Å². The van der Waals surface area contributed by atoms with Crippen molar-refractivity contribution >= 4 is 29.7 Å². The summed E-state index contributed by atoms with van der Waals surface area (Å²) in [7, 11) is 0. The first-order valence-corrected chi connectivity index (χ1v) is 6.81. The molecule has 0 amide bonds. The van der Waals surface area contributed by atoms with E-state index in [1.54, 1.807) is 6.92 Å². The summed E-state index contributed by atoms with van der Waals surface area (Å²) in [5, 5.41) is 0. The molecule has 0 atom stereocenters. The predicted molar refractivity (Wildman–Crippen MR) is 67.9 cm³/mol. The Morgan fingerprint density at radius 3 is 2.31 bits per heavy atom. The fourth-order valence-electron chi connectivity index (χ4n) is 1.40. The van der Waals surface area contributed by atoms with Crippen molar-refractivity contribution in [2.75, 3.05) is 0 Å². The summed E-state index contributed by atoms with van der Waals surface area (Å²) in [6.45, 7) is 1.61. The number of rotatable bonds is 3. The molecule has 0 N–H and O–H groups in total. The molecule has 0 aliphatic heterocycles. The molecule has 1 nitrogen and oxygen atoms in total. The summed E-state index contributed by atoms with van der Waals surface area (Å²) in [5.74, 6) is 0.130. The van der Waals surface area contributed by atoms with Crippen LogP contribution in [0.2, 0.25) is 0 Å². The number of hydrogen-bond acceptors (Lipinski definition) is 1. The molecule has 0 unspecified atom stereocenters. The van der Waals surface area contributed by atoms with Gasteiger partial charge >= 0.3 is 102 Å². The second-order valence-electron chi connectivity index (χ2n) is 3.50. The molecule has 2 aromatic rings. The molecule has 16 heavy (non-hydrogen) atoms. The van der Waals surface area contributed by atoms with Crippen molar-refractivity contribution in [3.63, 3.8) is 0 Å². The van der Waals surface area contributed by atoms with Gasteiger partial charge in [-0.05, 0) is 0 Å². The quantitative estimate of drug-likeness (QED) is 0.613. The summed E-state index contributed by atoms with van der Waals surface area (Å²) in [6.07, 6.45) is 0. The van der Waals surface area contributed by atoms with E-state index in [0.717, 1.165) is 5.56 Å². The van der Waals surface area contributed by atoms with Gasteiger partial charge < -0.3 is 0 Å². The fraction of sp³-hybridized carbons (Fsp3) is 0.0714. The SMILES string of the molecule is CC(=O)c1cccc([Se]c2ccccc2)c1. The van der Waals surface area contributed by atoms with Gasteiger partial charge in [0.05, 0.1) is 0 Å². The third-order valence-corrected chi connectivity index (χ3v) is 4.31. The normalized spacial score (nSPS) is 10.1. The van der Waals surface area contributed by atoms with Gasteiger partial charge in [-0.1, -0.05) is 0 Å². The van der Waals surface area contributed by atoms with E-state index in [1.807, 2.05) is 36.4 Å². The van der Waals surface area contributed by atoms with Crippen molar-refractivity contribution in [1.82, 2.24) is 0 Å². The Bertz CT molecular complexity index is 491. The van der Waals surface area contributed by atoms with Gasteiger partial charge in [0.25, 0.3) is 0 Å². The monoisotopic (exact) mass is 276 g/mol. The van der Waals surface area contributed by atoms with Gasteiger partial charge in [0.15, 0.2) is 0 Å². The van der Waals surface area contributed by atoms with Gasteiger partial charge in [-0.2, -0.15) is 0 Å². The van der Waals surface area contributed by atoms with E-state index in [4.69, 9.17) is 0 Å². The van der Waals surface area contributed by atoms with Crippen molar-refractivity contribution in [2.45, 2.75) is 6.92 Å². The molecule has 0 bridgehead atoms. The second kappa shape index (κ2) is 5.11. The van der Waals surface area contributed by atoms with Crippen molar-refractivity contribution in [3.05, 3.63) is 60.2 Å².